The third kappa shape index (κ3) is 5.23. The summed E-state index contributed by atoms with van der Waals surface area (Å²) in [6, 6.07) is 3.58. The summed E-state index contributed by atoms with van der Waals surface area (Å²) in [5.41, 5.74) is 0. The van der Waals surface area contributed by atoms with E-state index in [-0.39, 0.29) is 17.4 Å². The Hall–Kier alpha value is -0.810. The molecule has 0 aliphatic rings. The smallest absolute Gasteiger partial charge is 0.157 e. The van der Waals surface area contributed by atoms with Crippen molar-refractivity contribution in [2.24, 2.45) is 5.92 Å². The first-order valence-corrected chi connectivity index (χ1v) is 8.27. The summed E-state index contributed by atoms with van der Waals surface area (Å²) in [6.45, 7) is 7.47. The van der Waals surface area contributed by atoms with Crippen LogP contribution >= 0.6 is 0 Å². The Morgan fingerprint density at radius 2 is 1.94 bits per heavy atom. The molecule has 1 atom stereocenters. The fraction of sp³-hybridized carbons (Fsp3) is 0.692. The van der Waals surface area contributed by atoms with Gasteiger partial charge in [0.05, 0.1) is 12.3 Å². The van der Waals surface area contributed by atoms with E-state index in [9.17, 15) is 8.42 Å². The molecule has 0 radical (unpaired) electrons. The Morgan fingerprint density at radius 3 is 2.56 bits per heavy atom. The summed E-state index contributed by atoms with van der Waals surface area (Å²) in [6.07, 6.45) is 0.878. The average molecular weight is 273 g/mol. The van der Waals surface area contributed by atoms with Gasteiger partial charge in [0, 0.05) is 0 Å². The molecule has 0 saturated carbocycles. The van der Waals surface area contributed by atoms with Crippen LogP contribution in [0.5, 0.6) is 0 Å². The van der Waals surface area contributed by atoms with Gasteiger partial charge >= 0.3 is 0 Å². The van der Waals surface area contributed by atoms with Gasteiger partial charge in [0.1, 0.15) is 17.3 Å². The summed E-state index contributed by atoms with van der Waals surface area (Å²) in [5.74, 6) is 1.75. The van der Waals surface area contributed by atoms with Crippen molar-refractivity contribution in [3.8, 4) is 0 Å². The molecule has 18 heavy (non-hydrogen) atoms. The van der Waals surface area contributed by atoms with Crippen LogP contribution in [0.3, 0.4) is 0 Å². The first-order valence-electron chi connectivity index (χ1n) is 6.45. The molecule has 0 fully saturated rings. The van der Waals surface area contributed by atoms with Gasteiger partial charge in [-0.2, -0.15) is 0 Å². The van der Waals surface area contributed by atoms with Gasteiger partial charge in [0.2, 0.25) is 0 Å². The summed E-state index contributed by atoms with van der Waals surface area (Å²) in [5, 5.41) is 3.14. The van der Waals surface area contributed by atoms with Crippen LogP contribution in [0.15, 0.2) is 16.5 Å². The van der Waals surface area contributed by atoms with Gasteiger partial charge in [-0.25, -0.2) is 8.42 Å². The highest BCUT2D eigenvalue weighted by atomic mass is 32.2. The predicted octanol–water partition coefficient (Wildman–Crippen LogP) is 2.35. The van der Waals surface area contributed by atoms with Crippen LogP contribution in [0.2, 0.25) is 0 Å². The lowest BCUT2D eigenvalue weighted by Gasteiger charge is -2.08. The normalized spacial score (nSPS) is 13.7. The van der Waals surface area contributed by atoms with E-state index in [1.165, 1.54) is 0 Å². The van der Waals surface area contributed by atoms with E-state index in [1.54, 1.807) is 6.07 Å². The molecular weight excluding hydrogens is 250 g/mol. The molecule has 0 aliphatic heterocycles. The van der Waals surface area contributed by atoms with Crippen molar-refractivity contribution in [1.82, 2.24) is 5.32 Å². The van der Waals surface area contributed by atoms with Gasteiger partial charge in [-0.15, -0.1) is 0 Å². The number of hydrogen-bond donors (Lipinski definition) is 1. The van der Waals surface area contributed by atoms with E-state index in [2.05, 4.69) is 5.32 Å². The third-order valence-corrected chi connectivity index (χ3v) is 4.67. The maximum absolute atomic E-state index is 11.9. The van der Waals surface area contributed by atoms with Crippen molar-refractivity contribution >= 4 is 9.84 Å². The monoisotopic (exact) mass is 273 g/mol. The standard InChI is InChI=1S/C13H23NO3S/c1-4-11(3)9-18(15,16)10-13-7-6-12(17-13)8-14-5-2/h6-7,11,14H,4-5,8-10H2,1-3H3. The van der Waals surface area contributed by atoms with Crippen LogP contribution < -0.4 is 5.32 Å². The van der Waals surface area contributed by atoms with E-state index in [1.807, 2.05) is 26.8 Å². The van der Waals surface area contributed by atoms with Gasteiger partial charge in [0.15, 0.2) is 9.84 Å². The molecule has 1 aromatic heterocycles. The highest BCUT2D eigenvalue weighted by Crippen LogP contribution is 2.14. The van der Waals surface area contributed by atoms with Gasteiger partial charge < -0.3 is 9.73 Å². The molecule has 0 bridgehead atoms. The van der Waals surface area contributed by atoms with Gasteiger partial charge in [0.25, 0.3) is 0 Å². The quantitative estimate of drug-likeness (QED) is 0.790. The van der Waals surface area contributed by atoms with Crippen LogP contribution in [0.25, 0.3) is 0 Å². The van der Waals surface area contributed by atoms with Crippen LogP contribution in [0.1, 0.15) is 38.7 Å². The molecule has 0 aromatic carbocycles. The van der Waals surface area contributed by atoms with E-state index in [0.29, 0.717) is 12.3 Å². The van der Waals surface area contributed by atoms with Gasteiger partial charge in [-0.05, 0) is 24.6 Å². The van der Waals surface area contributed by atoms with Crippen molar-refractivity contribution < 1.29 is 12.8 Å². The van der Waals surface area contributed by atoms with Crippen LogP contribution in [0.4, 0.5) is 0 Å². The summed E-state index contributed by atoms with van der Waals surface area (Å²) >= 11 is 0. The zero-order valence-corrected chi connectivity index (χ0v) is 12.2. The van der Waals surface area contributed by atoms with Gasteiger partial charge in [-0.3, -0.25) is 0 Å². The molecule has 0 spiro atoms. The Morgan fingerprint density at radius 1 is 1.28 bits per heavy atom. The Bertz CT molecular complexity index is 451. The fourth-order valence-corrected chi connectivity index (χ4v) is 3.48. The molecule has 1 N–H and O–H groups in total. The summed E-state index contributed by atoms with van der Waals surface area (Å²) < 4.78 is 29.3. The second-order valence-electron chi connectivity index (χ2n) is 4.72. The molecule has 1 heterocycles. The molecule has 104 valence electrons. The van der Waals surface area contributed by atoms with Gasteiger partial charge in [-0.1, -0.05) is 27.2 Å². The highest BCUT2D eigenvalue weighted by molar-refractivity contribution is 7.90. The second kappa shape index (κ2) is 6.95. The third-order valence-electron chi connectivity index (χ3n) is 2.86. The van der Waals surface area contributed by atoms with Crippen molar-refractivity contribution in [3.05, 3.63) is 23.7 Å². The van der Waals surface area contributed by atoms with E-state index >= 15 is 0 Å². The highest BCUT2D eigenvalue weighted by Gasteiger charge is 2.17. The van der Waals surface area contributed by atoms with Crippen molar-refractivity contribution in [3.63, 3.8) is 0 Å². The first kappa shape index (κ1) is 15.2. The molecule has 1 unspecified atom stereocenters. The number of nitrogens with one attached hydrogen (secondary N) is 1. The average Bonchev–Trinajstić information content (AvgIpc) is 2.72. The molecule has 0 saturated heterocycles. The predicted molar refractivity (Wildman–Crippen MR) is 73.0 cm³/mol. The zero-order valence-electron chi connectivity index (χ0n) is 11.4. The SMILES string of the molecule is CCNCc1ccc(CS(=O)(=O)CC(C)CC)o1. The van der Waals surface area contributed by atoms with E-state index in [4.69, 9.17) is 4.42 Å². The van der Waals surface area contributed by atoms with Crippen LogP contribution in [-0.4, -0.2) is 20.7 Å². The second-order valence-corrected chi connectivity index (χ2v) is 6.83. The number of hydrogen-bond acceptors (Lipinski definition) is 4. The topological polar surface area (TPSA) is 59.3 Å². The lowest BCUT2D eigenvalue weighted by molar-refractivity contribution is 0.458. The van der Waals surface area contributed by atoms with Crippen molar-refractivity contribution in [1.29, 1.82) is 0 Å². The molecule has 0 amide bonds. The number of sulfone groups is 1. The number of furan rings is 1. The van der Waals surface area contributed by atoms with Crippen LogP contribution in [0, 0.1) is 5.92 Å². The summed E-state index contributed by atoms with van der Waals surface area (Å²) in [7, 11) is -3.07. The molecule has 1 rings (SSSR count). The lowest BCUT2D eigenvalue weighted by Crippen LogP contribution is -2.15. The minimum atomic E-state index is -3.07. The Labute approximate surface area is 110 Å². The van der Waals surface area contributed by atoms with Crippen molar-refractivity contribution in [2.75, 3.05) is 12.3 Å². The lowest BCUT2D eigenvalue weighted by atomic mass is 10.2. The van der Waals surface area contributed by atoms with Crippen LogP contribution in [-0.2, 0) is 22.1 Å². The number of rotatable bonds is 8. The molecule has 5 heteroatoms. The van der Waals surface area contributed by atoms with E-state index in [0.717, 1.165) is 18.7 Å². The fourth-order valence-electron chi connectivity index (χ4n) is 1.67. The largest absolute Gasteiger partial charge is 0.464 e. The Balaban J connectivity index is 2.58. The van der Waals surface area contributed by atoms with E-state index < -0.39 is 9.84 Å². The molecular formula is C13H23NO3S. The maximum Gasteiger partial charge on any atom is 0.157 e. The molecule has 0 aliphatic carbocycles. The minimum Gasteiger partial charge on any atom is -0.464 e. The molecule has 1 aromatic rings. The minimum absolute atomic E-state index is 0.00344. The first-order chi connectivity index (χ1) is 8.46. The summed E-state index contributed by atoms with van der Waals surface area (Å²) in [4.78, 5) is 0. The molecule has 4 nitrogen and oxygen atoms in total. The van der Waals surface area contributed by atoms with Crippen molar-refractivity contribution in [2.45, 2.75) is 39.5 Å². The zero-order chi connectivity index (χ0) is 13.6. The maximum atomic E-state index is 11.9. The Kier molecular flexibility index (Phi) is 5.88.